The van der Waals surface area contributed by atoms with Crippen molar-refractivity contribution in [3.05, 3.63) is 69.7 Å². The molecule has 2 heterocycles. The molecular weight excluding hydrogens is 412 g/mol. The maximum absolute atomic E-state index is 12.8. The number of rotatable bonds is 4. The van der Waals surface area contributed by atoms with Crippen molar-refractivity contribution in [1.29, 1.82) is 0 Å². The Bertz CT molecular complexity index is 1270. The zero-order chi connectivity index (χ0) is 23.1. The van der Waals surface area contributed by atoms with E-state index < -0.39 is 23.1 Å². The van der Waals surface area contributed by atoms with Crippen molar-refractivity contribution in [3.8, 4) is 0 Å². The van der Waals surface area contributed by atoms with Gasteiger partial charge in [-0.05, 0) is 38.1 Å². The van der Waals surface area contributed by atoms with Gasteiger partial charge in [-0.1, -0.05) is 37.2 Å². The predicted molar refractivity (Wildman–Crippen MR) is 117 cm³/mol. The summed E-state index contributed by atoms with van der Waals surface area (Å²) in [5, 5.41) is 7.16. The van der Waals surface area contributed by atoms with E-state index in [9.17, 15) is 14.4 Å². The fraction of sp³-hybridized carbons (Fsp3) is 0.333. The molecule has 4 rings (SSSR count). The number of fused-ring (bicyclic) bond motifs is 1. The average molecular weight is 436 g/mol. The molecule has 1 aromatic heterocycles. The van der Waals surface area contributed by atoms with Gasteiger partial charge < -0.3 is 19.3 Å². The number of benzene rings is 2. The monoisotopic (exact) mass is 436 g/mol. The first-order chi connectivity index (χ1) is 15.1. The van der Waals surface area contributed by atoms with E-state index >= 15 is 0 Å². The zero-order valence-electron chi connectivity index (χ0n) is 18.4. The second-order valence-electron chi connectivity index (χ2n) is 8.87. The van der Waals surface area contributed by atoms with Crippen molar-refractivity contribution < 1.29 is 23.6 Å². The summed E-state index contributed by atoms with van der Waals surface area (Å²) in [6.45, 7) is 8.60. The van der Waals surface area contributed by atoms with Crippen LogP contribution in [-0.4, -0.2) is 30.1 Å². The number of aryl methyl sites for hydroxylation is 1. The molecule has 0 spiro atoms. The highest BCUT2D eigenvalue weighted by molar-refractivity contribution is 6.46. The number of nitrogens with one attached hydrogen (secondary N) is 1. The minimum absolute atomic E-state index is 0.0957. The van der Waals surface area contributed by atoms with Gasteiger partial charge in [0.1, 0.15) is 0 Å². The Hall–Kier alpha value is -3.36. The van der Waals surface area contributed by atoms with E-state index in [1.807, 2.05) is 13.8 Å². The molecule has 0 bridgehead atoms. The number of aromatic nitrogens is 1. The first-order valence-corrected chi connectivity index (χ1v) is 10.2. The lowest BCUT2D eigenvalue weighted by atomic mass is 9.93. The lowest BCUT2D eigenvalue weighted by molar-refractivity contribution is -0.298. The summed E-state index contributed by atoms with van der Waals surface area (Å²) in [5.74, 6) is -2.49. The van der Waals surface area contributed by atoms with Crippen molar-refractivity contribution in [3.63, 3.8) is 0 Å². The fourth-order valence-electron chi connectivity index (χ4n) is 3.49. The highest BCUT2D eigenvalue weighted by Gasteiger charge is 2.38. The second kappa shape index (κ2) is 7.96. The van der Waals surface area contributed by atoms with Crippen molar-refractivity contribution in [2.45, 2.75) is 33.5 Å². The van der Waals surface area contributed by atoms with Crippen molar-refractivity contribution >= 4 is 28.2 Å². The fourth-order valence-corrected chi connectivity index (χ4v) is 3.49. The molecule has 0 saturated carbocycles. The number of anilines is 1. The molecule has 0 radical (unpaired) electrons. The molecule has 0 atom stereocenters. The number of hydrogen-bond acceptors (Lipinski definition) is 7. The van der Waals surface area contributed by atoms with Gasteiger partial charge in [-0.15, -0.1) is 0 Å². The summed E-state index contributed by atoms with van der Waals surface area (Å²) in [6.07, 6.45) is 0. The van der Waals surface area contributed by atoms with Crippen molar-refractivity contribution in [1.82, 2.24) is 5.16 Å². The summed E-state index contributed by atoms with van der Waals surface area (Å²) in [5.41, 5.74) is 1.08. The molecule has 3 aromatic rings. The summed E-state index contributed by atoms with van der Waals surface area (Å²) in [6, 6.07) is 11.3. The Morgan fingerprint density at radius 2 is 1.72 bits per heavy atom. The SMILES string of the molecule is Cc1noc(=O)c2ccc(NC(=O)C(=O)c3cccc(C4(C)OCC(C)(C)CO4)c3)cc12. The molecule has 1 aliphatic heterocycles. The van der Waals surface area contributed by atoms with Gasteiger partial charge in [-0.3, -0.25) is 9.59 Å². The van der Waals surface area contributed by atoms with Crippen LogP contribution in [0.15, 0.2) is 51.8 Å². The Morgan fingerprint density at radius 1 is 1.00 bits per heavy atom. The molecule has 1 saturated heterocycles. The van der Waals surface area contributed by atoms with E-state index in [0.717, 1.165) is 0 Å². The molecule has 8 heteroatoms. The number of ketones is 1. The van der Waals surface area contributed by atoms with Crippen LogP contribution >= 0.6 is 0 Å². The van der Waals surface area contributed by atoms with Gasteiger partial charge in [-0.25, -0.2) is 4.79 Å². The molecule has 1 fully saturated rings. The molecule has 1 aliphatic rings. The largest absolute Gasteiger partial charge is 0.366 e. The minimum atomic E-state index is -0.994. The Balaban J connectivity index is 1.54. The highest BCUT2D eigenvalue weighted by Crippen LogP contribution is 2.36. The van der Waals surface area contributed by atoms with Gasteiger partial charge in [0.05, 0.1) is 24.3 Å². The second-order valence-corrected chi connectivity index (χ2v) is 8.87. The van der Waals surface area contributed by atoms with E-state index in [1.165, 1.54) is 12.1 Å². The molecule has 0 unspecified atom stereocenters. The third kappa shape index (κ3) is 4.19. The lowest BCUT2D eigenvalue weighted by Gasteiger charge is -2.41. The number of carbonyl (C=O) groups is 2. The third-order valence-corrected chi connectivity index (χ3v) is 5.48. The van der Waals surface area contributed by atoms with Crippen LogP contribution in [0.5, 0.6) is 0 Å². The molecule has 1 N–H and O–H groups in total. The van der Waals surface area contributed by atoms with Crippen molar-refractivity contribution in [2.24, 2.45) is 5.41 Å². The molecular formula is C24H24N2O6. The highest BCUT2D eigenvalue weighted by atomic mass is 16.7. The lowest BCUT2D eigenvalue weighted by Crippen LogP contribution is -2.43. The van der Waals surface area contributed by atoms with E-state index in [-0.39, 0.29) is 11.0 Å². The number of hydrogen-bond donors (Lipinski definition) is 1. The number of Topliss-reactive ketones (excluding diaryl/α,β-unsaturated/α-hetero) is 1. The maximum Gasteiger partial charge on any atom is 0.366 e. The number of nitrogens with zero attached hydrogens (tertiary/aromatic N) is 1. The summed E-state index contributed by atoms with van der Waals surface area (Å²) in [4.78, 5) is 37.2. The Kier molecular flexibility index (Phi) is 5.44. The topological polar surface area (TPSA) is 108 Å². The van der Waals surface area contributed by atoms with Gasteiger partial charge in [0.2, 0.25) is 0 Å². The van der Waals surface area contributed by atoms with Gasteiger partial charge in [0.25, 0.3) is 11.7 Å². The zero-order valence-corrected chi connectivity index (χ0v) is 18.4. The van der Waals surface area contributed by atoms with Crippen molar-refractivity contribution in [2.75, 3.05) is 18.5 Å². The third-order valence-electron chi connectivity index (χ3n) is 5.48. The predicted octanol–water partition coefficient (Wildman–Crippen LogP) is 3.56. The van der Waals surface area contributed by atoms with Gasteiger partial charge in [0.15, 0.2) is 5.79 Å². The smallest absolute Gasteiger partial charge is 0.345 e. The summed E-state index contributed by atoms with van der Waals surface area (Å²) < 4.78 is 16.6. The Morgan fingerprint density at radius 3 is 2.44 bits per heavy atom. The van der Waals surface area contributed by atoms with E-state index in [2.05, 4.69) is 10.5 Å². The summed E-state index contributed by atoms with van der Waals surface area (Å²) >= 11 is 0. The first kappa shape index (κ1) is 21.9. The van der Waals surface area contributed by atoms with Crippen LogP contribution in [0, 0.1) is 12.3 Å². The van der Waals surface area contributed by atoms with E-state index in [0.29, 0.717) is 40.9 Å². The van der Waals surface area contributed by atoms with Crippen LogP contribution in [0.1, 0.15) is 42.4 Å². The molecule has 166 valence electrons. The molecule has 8 nitrogen and oxygen atoms in total. The number of amides is 1. The van der Waals surface area contributed by atoms with Crippen LogP contribution in [0.3, 0.4) is 0 Å². The molecule has 32 heavy (non-hydrogen) atoms. The first-order valence-electron chi connectivity index (χ1n) is 10.2. The van der Waals surface area contributed by atoms with Gasteiger partial charge in [-0.2, -0.15) is 0 Å². The van der Waals surface area contributed by atoms with Crippen LogP contribution in [0.4, 0.5) is 5.69 Å². The Labute approximate surface area is 184 Å². The normalized spacial score (nSPS) is 17.1. The maximum atomic E-state index is 12.8. The average Bonchev–Trinajstić information content (AvgIpc) is 2.78. The van der Waals surface area contributed by atoms with Crippen LogP contribution in [0.2, 0.25) is 0 Å². The van der Waals surface area contributed by atoms with Gasteiger partial charge in [0, 0.05) is 27.6 Å². The standard InChI is InChI=1S/C24H24N2O6/c1-14-19-11-17(8-9-18(19)22(29)32-26-14)25-21(28)20(27)15-6-5-7-16(10-15)24(4)30-12-23(2,3)13-31-24/h5-11H,12-13H2,1-4H3,(H,25,28). The molecule has 2 aromatic carbocycles. The molecule has 0 aliphatic carbocycles. The minimum Gasteiger partial charge on any atom is -0.345 e. The molecule has 1 amide bonds. The summed E-state index contributed by atoms with van der Waals surface area (Å²) in [7, 11) is 0. The van der Waals surface area contributed by atoms with E-state index in [4.69, 9.17) is 14.0 Å². The number of ether oxygens (including phenoxy) is 2. The van der Waals surface area contributed by atoms with E-state index in [1.54, 1.807) is 44.2 Å². The van der Waals surface area contributed by atoms with Crippen LogP contribution in [-0.2, 0) is 20.1 Å². The van der Waals surface area contributed by atoms with Crippen LogP contribution in [0.25, 0.3) is 10.8 Å². The quantitative estimate of drug-likeness (QED) is 0.492. The van der Waals surface area contributed by atoms with Gasteiger partial charge >= 0.3 is 5.63 Å². The van der Waals surface area contributed by atoms with Crippen LogP contribution < -0.4 is 10.9 Å². The number of carbonyl (C=O) groups excluding carboxylic acids is 2.